The van der Waals surface area contributed by atoms with Gasteiger partial charge in [-0.25, -0.2) is 4.98 Å². The number of rotatable bonds is 7. The molecular formula is C19H19N5OS2. The van der Waals surface area contributed by atoms with Gasteiger partial charge in [0.25, 0.3) is 0 Å². The van der Waals surface area contributed by atoms with E-state index in [1.54, 1.807) is 29.4 Å². The average Bonchev–Trinajstić information content (AvgIpc) is 3.42. The zero-order valence-corrected chi connectivity index (χ0v) is 16.7. The number of thiazole rings is 1. The Kier molecular flexibility index (Phi) is 5.26. The lowest BCUT2D eigenvalue weighted by Gasteiger charge is -2.05. The lowest BCUT2D eigenvalue weighted by atomic mass is 10.2. The van der Waals surface area contributed by atoms with Crippen LogP contribution in [0.1, 0.15) is 18.2 Å². The van der Waals surface area contributed by atoms with Crippen LogP contribution in [0.25, 0.3) is 11.6 Å². The highest BCUT2D eigenvalue weighted by molar-refractivity contribution is 7.98. The molecule has 1 aromatic carbocycles. The molecule has 0 aliphatic carbocycles. The van der Waals surface area contributed by atoms with Crippen molar-refractivity contribution in [1.82, 2.24) is 19.7 Å². The summed E-state index contributed by atoms with van der Waals surface area (Å²) < 4.78 is 7.51. The number of benzene rings is 1. The van der Waals surface area contributed by atoms with Gasteiger partial charge in [-0.1, -0.05) is 29.5 Å². The third-order valence-electron chi connectivity index (χ3n) is 3.98. The van der Waals surface area contributed by atoms with E-state index in [0.717, 1.165) is 45.6 Å². The van der Waals surface area contributed by atoms with E-state index < -0.39 is 0 Å². The van der Waals surface area contributed by atoms with Crippen molar-refractivity contribution in [2.45, 2.75) is 31.3 Å². The fourth-order valence-corrected chi connectivity index (χ4v) is 4.33. The highest BCUT2D eigenvalue weighted by atomic mass is 32.2. The summed E-state index contributed by atoms with van der Waals surface area (Å²) in [5, 5.41) is 15.8. The fraction of sp³-hybridized carbons (Fsp3) is 0.211. The highest BCUT2D eigenvalue weighted by Crippen LogP contribution is 2.28. The van der Waals surface area contributed by atoms with Crippen LogP contribution >= 0.6 is 23.1 Å². The molecule has 3 aromatic heterocycles. The van der Waals surface area contributed by atoms with Crippen molar-refractivity contribution in [3.05, 3.63) is 59.3 Å². The highest BCUT2D eigenvalue weighted by Gasteiger charge is 2.15. The van der Waals surface area contributed by atoms with Gasteiger partial charge in [0.1, 0.15) is 0 Å². The molecule has 0 aliphatic rings. The van der Waals surface area contributed by atoms with Gasteiger partial charge in [-0.15, -0.1) is 21.5 Å². The van der Waals surface area contributed by atoms with E-state index in [9.17, 15) is 0 Å². The second-order valence-corrected chi connectivity index (χ2v) is 7.75. The summed E-state index contributed by atoms with van der Waals surface area (Å²) in [6, 6.07) is 12.0. The molecule has 3 heterocycles. The van der Waals surface area contributed by atoms with Gasteiger partial charge in [0.2, 0.25) is 0 Å². The first kappa shape index (κ1) is 17.8. The SMILES string of the molecule is CCn1c(SCc2csc(Nc3ccc(C)cc3)n2)nnc1-c1ccco1. The normalized spacial score (nSPS) is 11.0. The Balaban J connectivity index is 1.42. The number of anilines is 2. The van der Waals surface area contributed by atoms with Crippen LogP contribution in [0.3, 0.4) is 0 Å². The first-order chi connectivity index (χ1) is 13.2. The monoisotopic (exact) mass is 397 g/mol. The zero-order chi connectivity index (χ0) is 18.6. The van der Waals surface area contributed by atoms with E-state index in [0.29, 0.717) is 0 Å². The molecular weight excluding hydrogens is 378 g/mol. The van der Waals surface area contributed by atoms with Crippen LogP contribution in [-0.2, 0) is 12.3 Å². The minimum atomic E-state index is 0.731. The van der Waals surface area contributed by atoms with Crippen molar-refractivity contribution in [2.24, 2.45) is 0 Å². The summed E-state index contributed by atoms with van der Waals surface area (Å²) in [7, 11) is 0. The van der Waals surface area contributed by atoms with Crippen LogP contribution in [0.4, 0.5) is 10.8 Å². The minimum absolute atomic E-state index is 0.731. The maximum atomic E-state index is 5.45. The summed E-state index contributed by atoms with van der Waals surface area (Å²) in [6.45, 7) is 4.93. The Labute approximate surface area is 165 Å². The van der Waals surface area contributed by atoms with Gasteiger partial charge in [0.05, 0.1) is 12.0 Å². The molecule has 0 radical (unpaired) electrons. The first-order valence-electron chi connectivity index (χ1n) is 8.61. The molecule has 0 amide bonds. The summed E-state index contributed by atoms with van der Waals surface area (Å²) in [6.07, 6.45) is 1.65. The van der Waals surface area contributed by atoms with Gasteiger partial charge in [-0.05, 0) is 38.1 Å². The van der Waals surface area contributed by atoms with E-state index in [-0.39, 0.29) is 0 Å². The third-order valence-corrected chi connectivity index (χ3v) is 5.79. The second kappa shape index (κ2) is 7.98. The van der Waals surface area contributed by atoms with Crippen LogP contribution < -0.4 is 5.32 Å². The van der Waals surface area contributed by atoms with E-state index in [1.807, 2.05) is 12.1 Å². The van der Waals surface area contributed by atoms with Crippen molar-refractivity contribution in [3.63, 3.8) is 0 Å². The molecule has 138 valence electrons. The molecule has 0 aliphatic heterocycles. The third kappa shape index (κ3) is 4.06. The van der Waals surface area contributed by atoms with Crippen LogP contribution in [0.15, 0.2) is 57.6 Å². The molecule has 0 saturated carbocycles. The van der Waals surface area contributed by atoms with Crippen LogP contribution in [0.2, 0.25) is 0 Å². The van der Waals surface area contributed by atoms with Crippen molar-refractivity contribution in [1.29, 1.82) is 0 Å². The average molecular weight is 398 g/mol. The van der Waals surface area contributed by atoms with Crippen LogP contribution in [0.5, 0.6) is 0 Å². The number of hydrogen-bond acceptors (Lipinski definition) is 7. The molecule has 0 unspecified atom stereocenters. The fourth-order valence-electron chi connectivity index (χ4n) is 2.60. The maximum absolute atomic E-state index is 5.45. The summed E-state index contributed by atoms with van der Waals surface area (Å²) in [5.74, 6) is 2.22. The quantitative estimate of drug-likeness (QED) is 0.424. The van der Waals surface area contributed by atoms with Crippen LogP contribution in [-0.4, -0.2) is 19.7 Å². The maximum Gasteiger partial charge on any atom is 0.200 e. The molecule has 0 spiro atoms. The lowest BCUT2D eigenvalue weighted by molar-refractivity contribution is 0.567. The van der Waals surface area contributed by atoms with Gasteiger partial charge < -0.3 is 9.73 Å². The van der Waals surface area contributed by atoms with E-state index in [2.05, 4.69) is 68.6 Å². The number of aromatic nitrogens is 4. The largest absolute Gasteiger partial charge is 0.461 e. The molecule has 27 heavy (non-hydrogen) atoms. The summed E-state index contributed by atoms with van der Waals surface area (Å²) in [5.41, 5.74) is 3.30. The Hall–Kier alpha value is -2.58. The number of nitrogens with one attached hydrogen (secondary N) is 1. The topological polar surface area (TPSA) is 68.8 Å². The van der Waals surface area contributed by atoms with Crippen molar-refractivity contribution < 1.29 is 4.42 Å². The molecule has 1 N–H and O–H groups in total. The van der Waals surface area contributed by atoms with E-state index >= 15 is 0 Å². The van der Waals surface area contributed by atoms with Crippen LogP contribution in [0, 0.1) is 6.92 Å². The van der Waals surface area contributed by atoms with Gasteiger partial charge in [0.15, 0.2) is 21.9 Å². The first-order valence-corrected chi connectivity index (χ1v) is 10.5. The predicted octanol–water partition coefficient (Wildman–Crippen LogP) is 5.36. The van der Waals surface area contributed by atoms with Gasteiger partial charge in [-0.2, -0.15) is 0 Å². The Morgan fingerprint density at radius 3 is 2.78 bits per heavy atom. The Bertz CT molecular complexity index is 1010. The molecule has 6 nitrogen and oxygen atoms in total. The van der Waals surface area contributed by atoms with Crippen molar-refractivity contribution in [3.8, 4) is 11.6 Å². The number of aryl methyl sites for hydroxylation is 1. The molecule has 0 bridgehead atoms. The molecule has 4 rings (SSSR count). The number of hydrogen-bond donors (Lipinski definition) is 1. The number of furan rings is 1. The number of nitrogens with zero attached hydrogens (tertiary/aromatic N) is 4. The zero-order valence-electron chi connectivity index (χ0n) is 15.0. The Morgan fingerprint density at radius 2 is 2.04 bits per heavy atom. The van der Waals surface area contributed by atoms with Crippen molar-refractivity contribution in [2.75, 3.05) is 5.32 Å². The lowest BCUT2D eigenvalue weighted by Crippen LogP contribution is -1.99. The van der Waals surface area contributed by atoms with E-state index in [4.69, 9.17) is 4.42 Å². The second-order valence-electron chi connectivity index (χ2n) is 5.95. The summed E-state index contributed by atoms with van der Waals surface area (Å²) in [4.78, 5) is 4.67. The van der Waals surface area contributed by atoms with Gasteiger partial charge >= 0.3 is 0 Å². The summed E-state index contributed by atoms with van der Waals surface area (Å²) >= 11 is 3.23. The molecule has 0 saturated heterocycles. The minimum Gasteiger partial charge on any atom is -0.461 e. The van der Waals surface area contributed by atoms with Gasteiger partial charge in [0, 0.05) is 23.4 Å². The molecule has 0 fully saturated rings. The molecule has 0 atom stereocenters. The standard InChI is InChI=1S/C19H19N5OS2/c1-3-24-17(16-5-4-10-25-16)22-23-19(24)27-12-15-11-26-18(21-15)20-14-8-6-13(2)7-9-14/h4-11H,3,12H2,1-2H3,(H,20,21). The van der Waals surface area contributed by atoms with E-state index in [1.165, 1.54) is 5.56 Å². The predicted molar refractivity (Wildman–Crippen MR) is 110 cm³/mol. The number of thioether (sulfide) groups is 1. The van der Waals surface area contributed by atoms with Gasteiger partial charge in [-0.3, -0.25) is 4.57 Å². The Morgan fingerprint density at radius 1 is 1.19 bits per heavy atom. The molecule has 4 aromatic rings. The smallest absolute Gasteiger partial charge is 0.200 e. The van der Waals surface area contributed by atoms with Crippen molar-refractivity contribution >= 4 is 33.9 Å². The molecule has 8 heteroatoms.